The molecule has 0 heterocycles. The molecule has 50 valence electrons. The fourth-order valence-electron chi connectivity index (χ4n) is 0.278. The van der Waals surface area contributed by atoms with Crippen LogP contribution in [-0.4, -0.2) is 17.5 Å². The van der Waals surface area contributed by atoms with E-state index in [1.165, 1.54) is 0 Å². The molecule has 0 unspecified atom stereocenters. The van der Waals surface area contributed by atoms with Gasteiger partial charge in [0.05, 0.1) is 0 Å². The summed E-state index contributed by atoms with van der Waals surface area (Å²) in [7, 11) is 0. The van der Waals surface area contributed by atoms with E-state index in [1.54, 1.807) is 0 Å². The second-order valence-electron chi connectivity index (χ2n) is 1.32. The number of carbonyl (C=O) groups is 2. The highest BCUT2D eigenvalue weighted by Crippen LogP contribution is 1.96. The van der Waals surface area contributed by atoms with E-state index in [4.69, 9.17) is 5.11 Å². The van der Waals surface area contributed by atoms with Crippen molar-refractivity contribution in [2.45, 2.75) is 6.42 Å². The van der Waals surface area contributed by atoms with Gasteiger partial charge in [-0.15, -0.1) is 0 Å². The van der Waals surface area contributed by atoms with Gasteiger partial charge in [-0.3, -0.25) is 9.59 Å². The molecule has 0 aliphatic heterocycles. The molecular weight excluding hydrogens is 124 g/mol. The summed E-state index contributed by atoms with van der Waals surface area (Å²) in [6, 6.07) is 0. The molecule has 0 saturated heterocycles. The highest BCUT2D eigenvalue weighted by Gasteiger charge is 2.00. The van der Waals surface area contributed by atoms with Gasteiger partial charge in [-0.1, -0.05) is 6.58 Å². The summed E-state index contributed by atoms with van der Waals surface area (Å²) in [6.07, 6.45) is -0.335. The highest BCUT2D eigenvalue weighted by molar-refractivity contribution is 5.69. The Morgan fingerprint density at radius 3 is 2.67 bits per heavy atom. The van der Waals surface area contributed by atoms with Gasteiger partial charge in [0.25, 0.3) is 6.47 Å². The minimum absolute atomic E-state index is 0.0579. The zero-order chi connectivity index (χ0) is 7.28. The third-order valence-electron chi connectivity index (χ3n) is 0.563. The number of aliphatic carboxylic acids is 1. The van der Waals surface area contributed by atoms with Crippen LogP contribution in [0.25, 0.3) is 0 Å². The first-order valence-corrected chi connectivity index (χ1v) is 2.16. The smallest absolute Gasteiger partial charge is 0.311 e. The van der Waals surface area contributed by atoms with Crippen molar-refractivity contribution < 1.29 is 19.4 Å². The summed E-state index contributed by atoms with van der Waals surface area (Å²) >= 11 is 0. The average molecular weight is 130 g/mol. The lowest BCUT2D eigenvalue weighted by Crippen LogP contribution is -1.98. The number of ether oxygens (including phenoxy) is 1. The lowest BCUT2D eigenvalue weighted by Gasteiger charge is -1.94. The van der Waals surface area contributed by atoms with E-state index >= 15 is 0 Å². The molecule has 0 fully saturated rings. The third kappa shape index (κ3) is 4.53. The molecule has 0 spiro atoms. The standard InChI is InChI=1S/C5H6O4/c1-4(9-3-6)2-5(7)8/h3H,1-2H2,(H,7,8). The third-order valence-corrected chi connectivity index (χ3v) is 0.563. The van der Waals surface area contributed by atoms with Crippen LogP contribution in [0.15, 0.2) is 12.3 Å². The molecule has 4 nitrogen and oxygen atoms in total. The quantitative estimate of drug-likeness (QED) is 0.434. The minimum atomic E-state index is -1.07. The van der Waals surface area contributed by atoms with Crippen LogP contribution in [0.1, 0.15) is 6.42 Å². The van der Waals surface area contributed by atoms with Gasteiger partial charge >= 0.3 is 5.97 Å². The molecule has 0 saturated carbocycles. The number of hydrogen-bond acceptors (Lipinski definition) is 3. The van der Waals surface area contributed by atoms with E-state index in [-0.39, 0.29) is 18.7 Å². The second-order valence-corrected chi connectivity index (χ2v) is 1.32. The lowest BCUT2D eigenvalue weighted by molar-refractivity contribution is -0.137. The van der Waals surface area contributed by atoms with Gasteiger partial charge in [0.1, 0.15) is 12.2 Å². The Balaban J connectivity index is 3.50. The van der Waals surface area contributed by atoms with Gasteiger partial charge in [-0.05, 0) is 0 Å². The normalized spacial score (nSPS) is 8.00. The van der Waals surface area contributed by atoms with Crippen LogP contribution in [-0.2, 0) is 14.3 Å². The molecule has 0 aliphatic rings. The number of rotatable bonds is 4. The molecule has 4 heteroatoms. The number of hydrogen-bond donors (Lipinski definition) is 1. The Bertz CT molecular complexity index is 138. The molecule has 0 rings (SSSR count). The summed E-state index contributed by atoms with van der Waals surface area (Å²) in [5.74, 6) is -1.13. The van der Waals surface area contributed by atoms with E-state index < -0.39 is 5.97 Å². The Labute approximate surface area is 51.7 Å². The topological polar surface area (TPSA) is 63.6 Å². The van der Waals surface area contributed by atoms with Gasteiger partial charge < -0.3 is 9.84 Å². The summed E-state index contributed by atoms with van der Waals surface area (Å²) in [5.41, 5.74) is 0. The summed E-state index contributed by atoms with van der Waals surface area (Å²) in [5, 5.41) is 8.05. The van der Waals surface area contributed by atoms with Crippen molar-refractivity contribution in [3.63, 3.8) is 0 Å². The van der Waals surface area contributed by atoms with Crippen LogP contribution in [0.4, 0.5) is 0 Å². The molecule has 0 bridgehead atoms. The van der Waals surface area contributed by atoms with E-state index in [0.717, 1.165) is 0 Å². The maximum Gasteiger partial charge on any atom is 0.311 e. The first-order valence-electron chi connectivity index (χ1n) is 2.16. The van der Waals surface area contributed by atoms with Crippen LogP contribution in [0.2, 0.25) is 0 Å². The van der Waals surface area contributed by atoms with Crippen molar-refractivity contribution >= 4 is 12.4 Å². The van der Waals surface area contributed by atoms with Crippen molar-refractivity contribution in [2.24, 2.45) is 0 Å². The summed E-state index contributed by atoms with van der Waals surface area (Å²) in [6.45, 7) is 3.29. The molecular formula is C5H6O4. The fraction of sp³-hybridized carbons (Fsp3) is 0.200. The van der Waals surface area contributed by atoms with E-state index in [2.05, 4.69) is 11.3 Å². The van der Waals surface area contributed by atoms with Crippen LogP contribution in [0, 0.1) is 0 Å². The highest BCUT2D eigenvalue weighted by atomic mass is 16.5. The van der Waals surface area contributed by atoms with E-state index in [0.29, 0.717) is 0 Å². The lowest BCUT2D eigenvalue weighted by atomic mass is 10.4. The predicted octanol–water partition coefficient (Wildman–Crippen LogP) is 0.148. The van der Waals surface area contributed by atoms with E-state index in [9.17, 15) is 9.59 Å². The van der Waals surface area contributed by atoms with Crippen LogP contribution >= 0.6 is 0 Å². The number of carbonyl (C=O) groups excluding carboxylic acids is 1. The molecule has 0 aromatic carbocycles. The summed E-state index contributed by atoms with van der Waals surface area (Å²) < 4.78 is 4.10. The predicted molar refractivity (Wildman–Crippen MR) is 28.5 cm³/mol. The van der Waals surface area contributed by atoms with Gasteiger partial charge in [0.2, 0.25) is 0 Å². The Morgan fingerprint density at radius 1 is 1.78 bits per heavy atom. The molecule has 0 aromatic heterocycles. The fourth-order valence-corrected chi connectivity index (χ4v) is 0.278. The van der Waals surface area contributed by atoms with Crippen molar-refractivity contribution in [3.05, 3.63) is 12.3 Å². The molecule has 0 aliphatic carbocycles. The molecule has 9 heavy (non-hydrogen) atoms. The van der Waals surface area contributed by atoms with Crippen LogP contribution in [0.5, 0.6) is 0 Å². The van der Waals surface area contributed by atoms with Gasteiger partial charge in [-0.2, -0.15) is 0 Å². The molecule has 0 radical (unpaired) electrons. The SMILES string of the molecule is C=C(CC(=O)O)OC=O. The maximum absolute atomic E-state index is 9.83. The van der Waals surface area contributed by atoms with Crippen molar-refractivity contribution in [1.29, 1.82) is 0 Å². The Hall–Kier alpha value is -1.32. The molecule has 0 amide bonds. The summed E-state index contributed by atoms with van der Waals surface area (Å²) in [4.78, 5) is 19.3. The molecule has 0 atom stereocenters. The van der Waals surface area contributed by atoms with Gasteiger partial charge in [0.15, 0.2) is 0 Å². The second kappa shape index (κ2) is 3.65. The zero-order valence-corrected chi connectivity index (χ0v) is 4.66. The first kappa shape index (κ1) is 7.68. The van der Waals surface area contributed by atoms with Crippen LogP contribution < -0.4 is 0 Å². The minimum Gasteiger partial charge on any atom is -0.481 e. The van der Waals surface area contributed by atoms with Gasteiger partial charge in [-0.25, -0.2) is 0 Å². The molecule has 0 aromatic rings. The Morgan fingerprint density at radius 2 is 2.33 bits per heavy atom. The van der Waals surface area contributed by atoms with Gasteiger partial charge in [0, 0.05) is 0 Å². The largest absolute Gasteiger partial charge is 0.481 e. The van der Waals surface area contributed by atoms with Crippen molar-refractivity contribution in [2.75, 3.05) is 0 Å². The number of carboxylic acids is 1. The van der Waals surface area contributed by atoms with Crippen molar-refractivity contribution in [1.82, 2.24) is 0 Å². The maximum atomic E-state index is 9.83. The number of carboxylic acid groups (broad SMARTS) is 1. The molecule has 1 N–H and O–H groups in total. The zero-order valence-electron chi connectivity index (χ0n) is 4.66. The van der Waals surface area contributed by atoms with Crippen LogP contribution in [0.3, 0.4) is 0 Å². The monoisotopic (exact) mass is 130 g/mol. The Kier molecular flexibility index (Phi) is 3.12. The van der Waals surface area contributed by atoms with Crippen molar-refractivity contribution in [3.8, 4) is 0 Å². The first-order chi connectivity index (χ1) is 4.16. The average Bonchev–Trinajstić information content (AvgIpc) is 1.63. The van der Waals surface area contributed by atoms with E-state index in [1.807, 2.05) is 0 Å².